The Morgan fingerprint density at radius 1 is 1.33 bits per heavy atom. The normalized spacial score (nSPS) is 10.9. The first-order valence-electron chi connectivity index (χ1n) is 5.29. The summed E-state index contributed by atoms with van der Waals surface area (Å²) in [7, 11) is -0.298. The average molecular weight is 269 g/mol. The molecule has 0 radical (unpaired) electrons. The van der Waals surface area contributed by atoms with Crippen LogP contribution >= 0.6 is 0 Å². The molecule has 0 aliphatic heterocycles. The van der Waals surface area contributed by atoms with Crippen molar-refractivity contribution in [3.63, 3.8) is 0 Å². The molecule has 0 N–H and O–H groups in total. The fourth-order valence-electron chi connectivity index (χ4n) is 1.47. The van der Waals surface area contributed by atoms with Crippen LogP contribution in [0.15, 0.2) is 18.2 Å². The van der Waals surface area contributed by atoms with Gasteiger partial charge in [-0.05, 0) is 17.7 Å². The summed E-state index contributed by atoms with van der Waals surface area (Å²) in [6.45, 7) is 0.170. The predicted molar refractivity (Wildman–Crippen MR) is 67.1 cm³/mol. The molecule has 0 spiro atoms. The van der Waals surface area contributed by atoms with Crippen LogP contribution in [0, 0.1) is 11.3 Å². The summed E-state index contributed by atoms with van der Waals surface area (Å²) < 4.78 is 33.2. The van der Waals surface area contributed by atoms with Crippen LogP contribution in [-0.4, -0.2) is 35.0 Å². The Balaban J connectivity index is 2.90. The number of sulfone groups is 1. The van der Waals surface area contributed by atoms with Gasteiger partial charge in [0.05, 0.1) is 30.8 Å². The third kappa shape index (κ3) is 4.02. The maximum atomic E-state index is 11.7. The van der Waals surface area contributed by atoms with Crippen molar-refractivity contribution < 1.29 is 17.9 Å². The summed E-state index contributed by atoms with van der Waals surface area (Å²) in [4.78, 5) is 0. The molecular formula is C12H15NO4S. The van der Waals surface area contributed by atoms with Gasteiger partial charge in [-0.15, -0.1) is 0 Å². The summed E-state index contributed by atoms with van der Waals surface area (Å²) in [6.07, 6.45) is 0. The van der Waals surface area contributed by atoms with Crippen molar-refractivity contribution in [2.45, 2.75) is 5.75 Å². The van der Waals surface area contributed by atoms with Crippen LogP contribution in [0.3, 0.4) is 0 Å². The number of nitriles is 1. The number of rotatable bonds is 6. The highest BCUT2D eigenvalue weighted by Gasteiger charge is 2.13. The summed E-state index contributed by atoms with van der Waals surface area (Å²) in [5, 5.41) is 8.91. The van der Waals surface area contributed by atoms with E-state index in [1.165, 1.54) is 20.3 Å². The van der Waals surface area contributed by atoms with E-state index in [2.05, 4.69) is 0 Å². The van der Waals surface area contributed by atoms with Gasteiger partial charge >= 0.3 is 0 Å². The van der Waals surface area contributed by atoms with Crippen molar-refractivity contribution in [2.75, 3.05) is 26.6 Å². The van der Waals surface area contributed by atoms with Gasteiger partial charge in [-0.2, -0.15) is 5.26 Å². The van der Waals surface area contributed by atoms with E-state index in [4.69, 9.17) is 14.7 Å². The maximum Gasteiger partial charge on any atom is 0.156 e. The molecule has 0 atom stereocenters. The van der Waals surface area contributed by atoms with Gasteiger partial charge in [0.25, 0.3) is 0 Å². The molecule has 98 valence electrons. The highest BCUT2D eigenvalue weighted by molar-refractivity contribution is 7.90. The zero-order chi connectivity index (χ0) is 13.6. The Kier molecular flexibility index (Phi) is 5.13. The molecular weight excluding hydrogens is 254 g/mol. The van der Waals surface area contributed by atoms with Crippen molar-refractivity contribution in [2.24, 2.45) is 0 Å². The molecule has 0 bridgehead atoms. The van der Waals surface area contributed by atoms with Gasteiger partial charge in [-0.1, -0.05) is 6.07 Å². The molecule has 0 saturated heterocycles. The SMILES string of the molecule is COCCS(=O)(=O)Cc1ccc(OC)c(C#N)c1. The van der Waals surface area contributed by atoms with Gasteiger partial charge in [0.1, 0.15) is 11.8 Å². The van der Waals surface area contributed by atoms with Gasteiger partial charge in [0.15, 0.2) is 9.84 Å². The number of ether oxygens (including phenoxy) is 2. The van der Waals surface area contributed by atoms with Gasteiger partial charge in [-0.3, -0.25) is 0 Å². The lowest BCUT2D eigenvalue weighted by Crippen LogP contribution is -2.13. The Bertz CT molecular complexity index is 546. The number of hydrogen-bond donors (Lipinski definition) is 0. The lowest BCUT2D eigenvalue weighted by Gasteiger charge is -2.07. The molecule has 0 fully saturated rings. The molecule has 0 aliphatic rings. The molecule has 6 heteroatoms. The third-order valence-corrected chi connectivity index (χ3v) is 3.93. The molecule has 0 amide bonds. The van der Waals surface area contributed by atoms with Crippen molar-refractivity contribution in [3.05, 3.63) is 29.3 Å². The van der Waals surface area contributed by atoms with Gasteiger partial charge in [0.2, 0.25) is 0 Å². The minimum Gasteiger partial charge on any atom is -0.495 e. The lowest BCUT2D eigenvalue weighted by molar-refractivity contribution is 0.217. The third-order valence-electron chi connectivity index (χ3n) is 2.37. The highest BCUT2D eigenvalue weighted by atomic mass is 32.2. The zero-order valence-electron chi connectivity index (χ0n) is 10.3. The van der Waals surface area contributed by atoms with E-state index in [1.54, 1.807) is 12.1 Å². The second kappa shape index (κ2) is 6.38. The molecule has 0 unspecified atom stereocenters. The molecule has 0 aromatic heterocycles. The van der Waals surface area contributed by atoms with E-state index in [-0.39, 0.29) is 18.1 Å². The molecule has 0 heterocycles. The smallest absolute Gasteiger partial charge is 0.156 e. The zero-order valence-corrected chi connectivity index (χ0v) is 11.2. The van der Waals surface area contributed by atoms with E-state index in [9.17, 15) is 8.42 Å². The second-order valence-corrected chi connectivity index (χ2v) is 5.92. The minimum absolute atomic E-state index is 0.0303. The summed E-state index contributed by atoms with van der Waals surface area (Å²) in [6, 6.07) is 6.74. The van der Waals surface area contributed by atoms with E-state index in [0.29, 0.717) is 16.9 Å². The van der Waals surface area contributed by atoms with Gasteiger partial charge < -0.3 is 9.47 Å². The van der Waals surface area contributed by atoms with Crippen molar-refractivity contribution in [1.82, 2.24) is 0 Å². The van der Waals surface area contributed by atoms with Crippen LogP contribution in [0.1, 0.15) is 11.1 Å². The second-order valence-electron chi connectivity index (χ2n) is 3.73. The van der Waals surface area contributed by atoms with Crippen molar-refractivity contribution >= 4 is 9.84 Å². The van der Waals surface area contributed by atoms with Crippen molar-refractivity contribution in [3.8, 4) is 11.8 Å². The van der Waals surface area contributed by atoms with E-state index in [0.717, 1.165) is 0 Å². The first-order chi connectivity index (χ1) is 8.52. The van der Waals surface area contributed by atoms with E-state index < -0.39 is 9.84 Å². The summed E-state index contributed by atoms with van der Waals surface area (Å²) in [5.41, 5.74) is 0.903. The molecule has 5 nitrogen and oxygen atoms in total. The van der Waals surface area contributed by atoms with Crippen LogP contribution in [0.2, 0.25) is 0 Å². The first-order valence-corrected chi connectivity index (χ1v) is 7.11. The molecule has 1 aromatic rings. The Hall–Kier alpha value is -1.58. The number of benzene rings is 1. The quantitative estimate of drug-likeness (QED) is 0.773. The van der Waals surface area contributed by atoms with E-state index >= 15 is 0 Å². The van der Waals surface area contributed by atoms with Crippen LogP contribution in [-0.2, 0) is 20.3 Å². The maximum absolute atomic E-state index is 11.7. The first kappa shape index (κ1) is 14.5. The summed E-state index contributed by atoms with van der Waals surface area (Å²) >= 11 is 0. The Morgan fingerprint density at radius 3 is 2.61 bits per heavy atom. The lowest BCUT2D eigenvalue weighted by atomic mass is 10.1. The monoisotopic (exact) mass is 269 g/mol. The van der Waals surface area contributed by atoms with Gasteiger partial charge in [0, 0.05) is 7.11 Å². The van der Waals surface area contributed by atoms with Crippen LogP contribution in [0.4, 0.5) is 0 Å². The Morgan fingerprint density at radius 2 is 2.06 bits per heavy atom. The predicted octanol–water partition coefficient (Wildman–Crippen LogP) is 1.13. The molecule has 1 aromatic carbocycles. The number of hydrogen-bond acceptors (Lipinski definition) is 5. The van der Waals surface area contributed by atoms with Crippen LogP contribution < -0.4 is 4.74 Å². The van der Waals surface area contributed by atoms with E-state index in [1.807, 2.05) is 6.07 Å². The molecule has 0 aliphatic carbocycles. The molecule has 18 heavy (non-hydrogen) atoms. The van der Waals surface area contributed by atoms with Crippen molar-refractivity contribution in [1.29, 1.82) is 5.26 Å². The molecule has 1 rings (SSSR count). The van der Waals surface area contributed by atoms with Crippen LogP contribution in [0.25, 0.3) is 0 Å². The fourth-order valence-corrected chi connectivity index (χ4v) is 2.72. The standard InChI is InChI=1S/C12H15NO4S/c1-16-5-6-18(14,15)9-10-3-4-12(17-2)11(7-10)8-13/h3-4,7H,5-6,9H2,1-2H3. The topological polar surface area (TPSA) is 76.4 Å². The largest absolute Gasteiger partial charge is 0.495 e. The summed E-state index contributed by atoms with van der Waals surface area (Å²) in [5.74, 6) is 0.308. The van der Waals surface area contributed by atoms with Crippen LogP contribution in [0.5, 0.6) is 5.75 Å². The number of methoxy groups -OCH3 is 2. The fraction of sp³-hybridized carbons (Fsp3) is 0.417. The average Bonchev–Trinajstić information content (AvgIpc) is 2.35. The highest BCUT2D eigenvalue weighted by Crippen LogP contribution is 2.20. The minimum atomic E-state index is -3.22. The van der Waals surface area contributed by atoms with Gasteiger partial charge in [-0.25, -0.2) is 8.42 Å². The number of nitrogens with zero attached hydrogens (tertiary/aromatic N) is 1. The Labute approximate surface area is 107 Å². The molecule has 0 saturated carbocycles.